The van der Waals surface area contributed by atoms with E-state index in [-0.39, 0.29) is 0 Å². The molecule has 0 heteroatoms. The fourth-order valence-corrected chi connectivity index (χ4v) is 1.34. The molecule has 0 saturated heterocycles. The van der Waals surface area contributed by atoms with Gasteiger partial charge in [0.15, 0.2) is 0 Å². The van der Waals surface area contributed by atoms with E-state index in [4.69, 9.17) is 0 Å². The summed E-state index contributed by atoms with van der Waals surface area (Å²) in [4.78, 5) is 0. The second-order valence-corrected chi connectivity index (χ2v) is 3.33. The monoisotopic (exact) mass is 175 g/mol. The molecule has 0 N–H and O–H groups in total. The summed E-state index contributed by atoms with van der Waals surface area (Å²) >= 11 is 0. The molecule has 0 spiro atoms. The van der Waals surface area contributed by atoms with E-state index in [1.165, 1.54) is 25.7 Å². The van der Waals surface area contributed by atoms with Gasteiger partial charge in [-0.2, -0.15) is 0 Å². The molecular weight excluding hydrogens is 156 g/mol. The normalized spacial score (nSPS) is 20.3. The molecule has 0 heterocycles. The van der Waals surface area contributed by atoms with Gasteiger partial charge in [-0.25, -0.2) is 0 Å². The Bertz CT molecular complexity index is 184. The van der Waals surface area contributed by atoms with E-state index in [1.54, 1.807) is 0 Å². The average molecular weight is 175 g/mol. The fraction of sp³-hybridized carbons (Fsp3) is 0.462. The Hall–Kier alpha value is -0.780. The van der Waals surface area contributed by atoms with Crippen molar-refractivity contribution in [2.45, 2.75) is 38.5 Å². The van der Waals surface area contributed by atoms with E-state index in [9.17, 15) is 0 Å². The summed E-state index contributed by atoms with van der Waals surface area (Å²) < 4.78 is 0. The molecule has 0 aliphatic heterocycles. The van der Waals surface area contributed by atoms with Gasteiger partial charge in [0.2, 0.25) is 0 Å². The van der Waals surface area contributed by atoms with Crippen molar-refractivity contribution in [2.75, 3.05) is 0 Å². The second-order valence-electron chi connectivity index (χ2n) is 3.33. The molecule has 0 bridgehead atoms. The zero-order valence-electron chi connectivity index (χ0n) is 8.28. The minimum atomic E-state index is 1.10. The Morgan fingerprint density at radius 2 is 1.00 bits per heavy atom. The SMILES string of the molecule is [CH]1CC=CCCC=CCC=CCC1. The van der Waals surface area contributed by atoms with Crippen molar-refractivity contribution in [3.8, 4) is 0 Å². The van der Waals surface area contributed by atoms with Crippen LogP contribution in [0.15, 0.2) is 36.5 Å². The maximum atomic E-state index is 2.35. The van der Waals surface area contributed by atoms with Crippen molar-refractivity contribution in [3.05, 3.63) is 42.9 Å². The zero-order valence-corrected chi connectivity index (χ0v) is 8.28. The Morgan fingerprint density at radius 3 is 1.69 bits per heavy atom. The van der Waals surface area contributed by atoms with Crippen LogP contribution < -0.4 is 0 Å². The molecule has 0 amide bonds. The van der Waals surface area contributed by atoms with Gasteiger partial charge in [0.1, 0.15) is 0 Å². The van der Waals surface area contributed by atoms with Crippen LogP contribution in [-0.2, 0) is 0 Å². The first-order valence-corrected chi connectivity index (χ1v) is 5.27. The number of hydrogen-bond acceptors (Lipinski definition) is 0. The van der Waals surface area contributed by atoms with Gasteiger partial charge in [0, 0.05) is 0 Å². The summed E-state index contributed by atoms with van der Waals surface area (Å²) in [5.74, 6) is 0. The molecule has 1 radical (unpaired) electrons. The largest absolute Gasteiger partial charge is 0.0882 e. The number of rotatable bonds is 0. The van der Waals surface area contributed by atoms with Crippen molar-refractivity contribution < 1.29 is 0 Å². The highest BCUT2D eigenvalue weighted by atomic mass is 13.9. The molecule has 0 aromatic rings. The first-order chi connectivity index (χ1) is 6.50. The van der Waals surface area contributed by atoms with Gasteiger partial charge in [0.05, 0.1) is 0 Å². The summed E-state index contributed by atoms with van der Waals surface area (Å²) in [6.45, 7) is 0. The summed E-state index contributed by atoms with van der Waals surface area (Å²) in [5.41, 5.74) is 0. The summed E-state index contributed by atoms with van der Waals surface area (Å²) in [6, 6.07) is 0. The summed E-state index contributed by atoms with van der Waals surface area (Å²) in [6.07, 6.45) is 23.0. The zero-order chi connectivity index (χ0) is 9.19. The van der Waals surface area contributed by atoms with Crippen molar-refractivity contribution in [1.29, 1.82) is 0 Å². The van der Waals surface area contributed by atoms with Crippen molar-refractivity contribution in [1.82, 2.24) is 0 Å². The highest BCUT2D eigenvalue weighted by Gasteiger charge is 1.85. The smallest absolute Gasteiger partial charge is 0.0169 e. The van der Waals surface area contributed by atoms with Gasteiger partial charge in [-0.3, -0.25) is 0 Å². The topological polar surface area (TPSA) is 0 Å². The van der Waals surface area contributed by atoms with Crippen LogP contribution in [0.4, 0.5) is 0 Å². The Kier molecular flexibility index (Phi) is 6.22. The lowest BCUT2D eigenvalue weighted by Gasteiger charge is -1.91. The van der Waals surface area contributed by atoms with Crippen molar-refractivity contribution >= 4 is 0 Å². The van der Waals surface area contributed by atoms with Crippen LogP contribution in [0, 0.1) is 6.42 Å². The fourth-order valence-electron chi connectivity index (χ4n) is 1.34. The quantitative estimate of drug-likeness (QED) is 0.484. The van der Waals surface area contributed by atoms with Crippen LogP contribution >= 0.6 is 0 Å². The molecule has 1 aliphatic rings. The predicted molar refractivity (Wildman–Crippen MR) is 59.4 cm³/mol. The molecule has 71 valence electrons. The van der Waals surface area contributed by atoms with Crippen LogP contribution in [0.5, 0.6) is 0 Å². The second kappa shape index (κ2) is 7.85. The van der Waals surface area contributed by atoms with Gasteiger partial charge in [-0.05, 0) is 44.9 Å². The molecule has 0 nitrogen and oxygen atoms in total. The van der Waals surface area contributed by atoms with Crippen LogP contribution in [0.25, 0.3) is 0 Å². The van der Waals surface area contributed by atoms with E-state index in [1.807, 2.05) is 0 Å². The maximum Gasteiger partial charge on any atom is -0.0169 e. The average Bonchev–Trinajstić information content (AvgIpc) is 2.18. The van der Waals surface area contributed by atoms with Crippen LogP contribution in [-0.4, -0.2) is 0 Å². The Labute approximate surface area is 82.0 Å². The minimum absolute atomic E-state index is 1.10. The van der Waals surface area contributed by atoms with Gasteiger partial charge in [-0.1, -0.05) is 36.5 Å². The molecule has 0 saturated carbocycles. The lowest BCUT2D eigenvalue weighted by Crippen LogP contribution is -1.73. The van der Waals surface area contributed by atoms with Crippen LogP contribution in [0.3, 0.4) is 0 Å². The maximum absolute atomic E-state index is 2.35. The van der Waals surface area contributed by atoms with Gasteiger partial charge in [0.25, 0.3) is 0 Å². The van der Waals surface area contributed by atoms with E-state index in [0.29, 0.717) is 0 Å². The van der Waals surface area contributed by atoms with E-state index >= 15 is 0 Å². The molecule has 1 rings (SSSR count). The van der Waals surface area contributed by atoms with E-state index < -0.39 is 0 Å². The Balaban J connectivity index is 2.28. The number of allylic oxidation sites excluding steroid dienone is 6. The van der Waals surface area contributed by atoms with Crippen LogP contribution in [0.2, 0.25) is 0 Å². The summed E-state index contributed by atoms with van der Waals surface area (Å²) in [7, 11) is 0. The molecule has 0 fully saturated rings. The number of hydrogen-bond donors (Lipinski definition) is 0. The lowest BCUT2D eigenvalue weighted by atomic mass is 10.1. The van der Waals surface area contributed by atoms with Gasteiger partial charge < -0.3 is 0 Å². The molecule has 1 aliphatic carbocycles. The third kappa shape index (κ3) is 6.39. The van der Waals surface area contributed by atoms with Crippen molar-refractivity contribution in [2.24, 2.45) is 0 Å². The highest BCUT2D eigenvalue weighted by Crippen LogP contribution is 2.04. The minimum Gasteiger partial charge on any atom is -0.0882 e. The van der Waals surface area contributed by atoms with E-state index in [0.717, 1.165) is 12.8 Å². The Morgan fingerprint density at radius 1 is 0.462 bits per heavy atom. The van der Waals surface area contributed by atoms with Crippen LogP contribution in [0.1, 0.15) is 38.5 Å². The van der Waals surface area contributed by atoms with Gasteiger partial charge >= 0.3 is 0 Å². The summed E-state index contributed by atoms with van der Waals surface area (Å²) in [5, 5.41) is 0. The highest BCUT2D eigenvalue weighted by molar-refractivity contribution is 4.96. The third-order valence-corrected chi connectivity index (χ3v) is 2.11. The predicted octanol–water partition coefficient (Wildman–Crippen LogP) is 4.21. The standard InChI is InChI=1S/C13H19/c1-2-4-6-8-10-12-13-11-9-7-5-3-1/h1-2,5,7-8,10,13H,3-4,6,9,11-12H2. The van der Waals surface area contributed by atoms with Crippen molar-refractivity contribution in [3.63, 3.8) is 0 Å². The molecule has 13 heavy (non-hydrogen) atoms. The van der Waals surface area contributed by atoms with Gasteiger partial charge in [-0.15, -0.1) is 0 Å². The molecular formula is C13H19. The molecule has 0 aromatic heterocycles. The molecule has 0 aromatic carbocycles. The van der Waals surface area contributed by atoms with E-state index in [2.05, 4.69) is 42.9 Å². The first-order valence-electron chi connectivity index (χ1n) is 5.27. The first kappa shape index (κ1) is 10.3. The molecule has 0 atom stereocenters. The lowest BCUT2D eigenvalue weighted by molar-refractivity contribution is 0.928. The molecule has 0 unspecified atom stereocenters. The third-order valence-electron chi connectivity index (χ3n) is 2.11.